The van der Waals surface area contributed by atoms with Crippen molar-refractivity contribution in [2.45, 2.75) is 32.7 Å². The SMILES string of the molecule is CCCCc1ccc(NC(=S)N2CCN(Cc3c(Cl)cccc3Cl)CC2)cc1. The van der Waals surface area contributed by atoms with E-state index in [1.807, 2.05) is 18.2 Å². The van der Waals surface area contributed by atoms with Gasteiger partial charge in [-0.2, -0.15) is 0 Å². The molecule has 0 spiro atoms. The van der Waals surface area contributed by atoms with E-state index >= 15 is 0 Å². The molecule has 0 saturated carbocycles. The summed E-state index contributed by atoms with van der Waals surface area (Å²) in [5.41, 5.74) is 3.43. The van der Waals surface area contributed by atoms with Crippen LogP contribution >= 0.6 is 35.4 Å². The number of anilines is 1. The number of halogens is 2. The monoisotopic (exact) mass is 435 g/mol. The second-order valence-corrected chi connectivity index (χ2v) is 8.40. The lowest BCUT2D eigenvalue weighted by atomic mass is 10.1. The van der Waals surface area contributed by atoms with Crippen LogP contribution in [0.2, 0.25) is 10.0 Å². The highest BCUT2D eigenvalue weighted by Gasteiger charge is 2.20. The molecule has 0 aromatic heterocycles. The Bertz CT molecular complexity index is 767. The van der Waals surface area contributed by atoms with Gasteiger partial charge in [-0.05, 0) is 54.9 Å². The molecular formula is C22H27Cl2N3S. The van der Waals surface area contributed by atoms with Crippen molar-refractivity contribution in [3.8, 4) is 0 Å². The number of unbranched alkanes of at least 4 members (excludes halogenated alkanes) is 1. The average Bonchev–Trinajstić information content (AvgIpc) is 2.71. The number of piperazine rings is 1. The average molecular weight is 436 g/mol. The minimum absolute atomic E-state index is 0.731. The van der Waals surface area contributed by atoms with Crippen LogP contribution in [0.1, 0.15) is 30.9 Å². The zero-order valence-corrected chi connectivity index (χ0v) is 18.6. The summed E-state index contributed by atoms with van der Waals surface area (Å²) in [5, 5.41) is 5.63. The summed E-state index contributed by atoms with van der Waals surface area (Å²) in [6.07, 6.45) is 3.59. The highest BCUT2D eigenvalue weighted by molar-refractivity contribution is 7.80. The van der Waals surface area contributed by atoms with E-state index in [1.54, 1.807) is 0 Å². The van der Waals surface area contributed by atoms with Gasteiger partial charge in [-0.3, -0.25) is 4.90 Å². The topological polar surface area (TPSA) is 18.5 Å². The molecule has 3 rings (SSSR count). The Hall–Kier alpha value is -1.33. The predicted octanol–water partition coefficient (Wildman–Crippen LogP) is 5.85. The van der Waals surface area contributed by atoms with E-state index in [9.17, 15) is 0 Å². The second kappa shape index (κ2) is 10.4. The smallest absolute Gasteiger partial charge is 0.173 e. The van der Waals surface area contributed by atoms with E-state index in [0.29, 0.717) is 0 Å². The molecule has 1 heterocycles. The summed E-state index contributed by atoms with van der Waals surface area (Å²) in [6, 6.07) is 14.3. The third kappa shape index (κ3) is 5.84. The van der Waals surface area contributed by atoms with Crippen molar-refractivity contribution < 1.29 is 0 Å². The summed E-state index contributed by atoms with van der Waals surface area (Å²) in [7, 11) is 0. The van der Waals surface area contributed by atoms with Crippen LogP contribution in [-0.4, -0.2) is 41.1 Å². The lowest BCUT2D eigenvalue weighted by Crippen LogP contribution is -2.49. The van der Waals surface area contributed by atoms with Gasteiger partial charge in [0.2, 0.25) is 0 Å². The summed E-state index contributed by atoms with van der Waals surface area (Å²) in [5.74, 6) is 0. The van der Waals surface area contributed by atoms with Crippen LogP contribution in [0.5, 0.6) is 0 Å². The van der Waals surface area contributed by atoms with Crippen molar-refractivity contribution >= 4 is 46.2 Å². The standard InChI is InChI=1S/C22H27Cl2N3S/c1-2-3-5-17-8-10-18(11-9-17)25-22(28)27-14-12-26(13-15-27)16-19-20(23)6-4-7-21(19)24/h4,6-11H,2-3,5,12-16H2,1H3,(H,25,28). The van der Waals surface area contributed by atoms with E-state index in [-0.39, 0.29) is 0 Å². The molecule has 0 radical (unpaired) electrons. The first-order valence-electron chi connectivity index (χ1n) is 9.87. The molecular weight excluding hydrogens is 409 g/mol. The van der Waals surface area contributed by atoms with Crippen LogP contribution in [-0.2, 0) is 13.0 Å². The first kappa shape index (κ1) is 21.4. The van der Waals surface area contributed by atoms with Gasteiger partial charge in [-0.15, -0.1) is 0 Å². The molecule has 1 fully saturated rings. The van der Waals surface area contributed by atoms with E-state index in [4.69, 9.17) is 35.4 Å². The number of nitrogens with zero attached hydrogens (tertiary/aromatic N) is 2. The van der Waals surface area contributed by atoms with Crippen LogP contribution in [0, 0.1) is 0 Å². The lowest BCUT2D eigenvalue weighted by Gasteiger charge is -2.36. The number of aryl methyl sites for hydroxylation is 1. The Morgan fingerprint density at radius 3 is 2.25 bits per heavy atom. The van der Waals surface area contributed by atoms with E-state index in [2.05, 4.69) is 46.3 Å². The van der Waals surface area contributed by atoms with Crippen molar-refractivity contribution in [2.24, 2.45) is 0 Å². The number of rotatable bonds is 6. The van der Waals surface area contributed by atoms with E-state index in [0.717, 1.165) is 65.6 Å². The van der Waals surface area contributed by atoms with E-state index in [1.165, 1.54) is 18.4 Å². The summed E-state index contributed by atoms with van der Waals surface area (Å²) in [6.45, 7) is 6.63. The molecule has 0 unspecified atom stereocenters. The molecule has 0 aliphatic carbocycles. The maximum atomic E-state index is 6.30. The van der Waals surface area contributed by atoms with Gasteiger partial charge in [0.15, 0.2) is 5.11 Å². The number of thiocarbonyl (C=S) groups is 1. The molecule has 0 atom stereocenters. The van der Waals surface area contributed by atoms with Gasteiger partial charge in [-0.25, -0.2) is 0 Å². The zero-order chi connectivity index (χ0) is 19.9. The Morgan fingerprint density at radius 2 is 1.64 bits per heavy atom. The second-order valence-electron chi connectivity index (χ2n) is 7.19. The molecule has 1 saturated heterocycles. The van der Waals surface area contributed by atoms with Crippen molar-refractivity contribution in [1.82, 2.24) is 9.80 Å². The van der Waals surface area contributed by atoms with Crippen molar-refractivity contribution in [2.75, 3.05) is 31.5 Å². The predicted molar refractivity (Wildman–Crippen MR) is 125 cm³/mol. The quantitative estimate of drug-likeness (QED) is 0.573. The molecule has 6 heteroatoms. The number of benzene rings is 2. The van der Waals surface area contributed by atoms with Gasteiger partial charge in [0.25, 0.3) is 0 Å². The van der Waals surface area contributed by atoms with Crippen LogP contribution < -0.4 is 5.32 Å². The maximum absolute atomic E-state index is 6.30. The molecule has 150 valence electrons. The summed E-state index contributed by atoms with van der Waals surface area (Å²) < 4.78 is 0. The molecule has 1 aliphatic heterocycles. The van der Waals surface area contributed by atoms with Gasteiger partial charge in [0, 0.05) is 54.0 Å². The van der Waals surface area contributed by atoms with Crippen molar-refractivity contribution in [3.05, 3.63) is 63.6 Å². The highest BCUT2D eigenvalue weighted by atomic mass is 35.5. The maximum Gasteiger partial charge on any atom is 0.173 e. The van der Waals surface area contributed by atoms with Gasteiger partial charge in [-0.1, -0.05) is 54.7 Å². The van der Waals surface area contributed by atoms with Crippen molar-refractivity contribution in [3.63, 3.8) is 0 Å². The minimum Gasteiger partial charge on any atom is -0.346 e. The Kier molecular flexibility index (Phi) is 7.98. The molecule has 2 aromatic carbocycles. The van der Waals surface area contributed by atoms with Crippen LogP contribution in [0.3, 0.4) is 0 Å². The third-order valence-corrected chi connectivity index (χ3v) is 6.20. The van der Waals surface area contributed by atoms with Gasteiger partial charge >= 0.3 is 0 Å². The van der Waals surface area contributed by atoms with Gasteiger partial charge in [0.1, 0.15) is 0 Å². The van der Waals surface area contributed by atoms with Crippen LogP contribution in [0.4, 0.5) is 5.69 Å². The molecule has 2 aromatic rings. The minimum atomic E-state index is 0.731. The Labute approximate surface area is 183 Å². The van der Waals surface area contributed by atoms with Crippen molar-refractivity contribution in [1.29, 1.82) is 0 Å². The van der Waals surface area contributed by atoms with Crippen LogP contribution in [0.15, 0.2) is 42.5 Å². The Morgan fingerprint density at radius 1 is 1.00 bits per heavy atom. The summed E-state index contributed by atoms with van der Waals surface area (Å²) >= 11 is 18.2. The largest absolute Gasteiger partial charge is 0.346 e. The normalized spacial score (nSPS) is 14.9. The van der Waals surface area contributed by atoms with E-state index < -0.39 is 0 Å². The molecule has 0 amide bonds. The van der Waals surface area contributed by atoms with Gasteiger partial charge in [0.05, 0.1) is 0 Å². The third-order valence-electron chi connectivity index (χ3n) is 5.13. The van der Waals surface area contributed by atoms with Crippen LogP contribution in [0.25, 0.3) is 0 Å². The lowest BCUT2D eigenvalue weighted by molar-refractivity contribution is 0.177. The molecule has 0 bridgehead atoms. The Balaban J connectivity index is 1.48. The first-order valence-corrected chi connectivity index (χ1v) is 11.0. The fourth-order valence-corrected chi connectivity index (χ4v) is 4.17. The molecule has 1 aliphatic rings. The fourth-order valence-electron chi connectivity index (χ4n) is 3.35. The number of hydrogen-bond acceptors (Lipinski definition) is 2. The number of hydrogen-bond donors (Lipinski definition) is 1. The summed E-state index contributed by atoms with van der Waals surface area (Å²) in [4.78, 5) is 4.60. The molecule has 3 nitrogen and oxygen atoms in total. The number of nitrogens with one attached hydrogen (secondary N) is 1. The molecule has 1 N–H and O–H groups in total. The van der Waals surface area contributed by atoms with Gasteiger partial charge < -0.3 is 10.2 Å². The fraction of sp³-hybridized carbons (Fsp3) is 0.409. The first-order chi connectivity index (χ1) is 13.6. The highest BCUT2D eigenvalue weighted by Crippen LogP contribution is 2.26. The zero-order valence-electron chi connectivity index (χ0n) is 16.3. The molecule has 28 heavy (non-hydrogen) atoms.